The highest BCUT2D eigenvalue weighted by molar-refractivity contribution is 6.31. The van der Waals surface area contributed by atoms with Gasteiger partial charge in [0.25, 0.3) is 5.56 Å². The summed E-state index contributed by atoms with van der Waals surface area (Å²) < 4.78 is 0. The van der Waals surface area contributed by atoms with Gasteiger partial charge in [-0.3, -0.25) is 9.69 Å². The summed E-state index contributed by atoms with van der Waals surface area (Å²) in [6.07, 6.45) is 0.727. The van der Waals surface area contributed by atoms with Gasteiger partial charge in [-0.2, -0.15) is 0 Å². The number of nitrogens with one attached hydrogen (secondary N) is 3. The van der Waals surface area contributed by atoms with E-state index >= 15 is 0 Å². The molecule has 4 rings (SSSR count). The third-order valence-electron chi connectivity index (χ3n) is 5.10. The van der Waals surface area contributed by atoms with Gasteiger partial charge in [0, 0.05) is 36.0 Å². The highest BCUT2D eigenvalue weighted by Gasteiger charge is 2.22. The van der Waals surface area contributed by atoms with Crippen molar-refractivity contribution in [2.24, 2.45) is 0 Å². The highest BCUT2D eigenvalue weighted by atomic mass is 35.5. The van der Waals surface area contributed by atoms with E-state index in [1.807, 2.05) is 13.0 Å². The third-order valence-corrected chi connectivity index (χ3v) is 5.34. The van der Waals surface area contributed by atoms with E-state index in [1.54, 1.807) is 46.2 Å². The van der Waals surface area contributed by atoms with Crippen LogP contribution in [0.3, 0.4) is 0 Å². The Morgan fingerprint density at radius 2 is 2.09 bits per heavy atom. The molecule has 0 unspecified atom stereocenters. The van der Waals surface area contributed by atoms with Crippen LogP contribution in [0.4, 0.5) is 21.0 Å². The van der Waals surface area contributed by atoms with Crippen molar-refractivity contribution in [3.63, 3.8) is 0 Å². The zero-order chi connectivity index (χ0) is 22.7. The summed E-state index contributed by atoms with van der Waals surface area (Å²) in [7, 11) is 0. The molecular weight excluding hydrogens is 432 g/mol. The summed E-state index contributed by atoms with van der Waals surface area (Å²) in [6, 6.07) is 11.5. The minimum absolute atomic E-state index is 0.131. The van der Waals surface area contributed by atoms with Crippen LogP contribution < -0.4 is 21.1 Å². The van der Waals surface area contributed by atoms with Crippen molar-refractivity contribution < 1.29 is 9.59 Å². The second-order valence-corrected chi connectivity index (χ2v) is 7.90. The van der Waals surface area contributed by atoms with Gasteiger partial charge in [0.1, 0.15) is 5.82 Å². The summed E-state index contributed by atoms with van der Waals surface area (Å²) >= 11 is 6.03. The lowest BCUT2D eigenvalue weighted by atomic mass is 10.2. The van der Waals surface area contributed by atoms with Gasteiger partial charge in [0.15, 0.2) is 0 Å². The second-order valence-electron chi connectivity index (χ2n) is 7.46. The first kappa shape index (κ1) is 21.6. The van der Waals surface area contributed by atoms with Crippen LogP contribution in [0.2, 0.25) is 5.02 Å². The van der Waals surface area contributed by atoms with Gasteiger partial charge in [-0.05, 0) is 42.8 Å². The number of benzene rings is 2. The third kappa shape index (κ3) is 4.67. The molecule has 0 radical (unpaired) electrons. The van der Waals surface area contributed by atoms with Crippen LogP contribution in [0, 0.1) is 0 Å². The Kier molecular flexibility index (Phi) is 6.27. The van der Waals surface area contributed by atoms with Crippen molar-refractivity contribution in [3.8, 4) is 0 Å². The molecule has 0 bridgehead atoms. The lowest BCUT2D eigenvalue weighted by Crippen LogP contribution is -2.36. The zero-order valence-electron chi connectivity index (χ0n) is 17.5. The number of aromatic amines is 1. The lowest BCUT2D eigenvalue weighted by molar-refractivity contribution is 0.207. The van der Waals surface area contributed by atoms with Gasteiger partial charge in [-0.25, -0.2) is 14.6 Å². The molecule has 0 atom stereocenters. The average molecular weight is 455 g/mol. The summed E-state index contributed by atoms with van der Waals surface area (Å²) in [5, 5.41) is 6.55. The number of H-pyrrole nitrogens is 1. The van der Waals surface area contributed by atoms with Crippen LogP contribution in [0.1, 0.15) is 19.2 Å². The van der Waals surface area contributed by atoms with E-state index in [1.165, 1.54) is 0 Å². The van der Waals surface area contributed by atoms with Gasteiger partial charge in [-0.1, -0.05) is 24.6 Å². The monoisotopic (exact) mass is 454 g/mol. The molecule has 10 heteroatoms. The molecule has 32 heavy (non-hydrogen) atoms. The molecule has 1 saturated heterocycles. The fourth-order valence-corrected chi connectivity index (χ4v) is 3.78. The molecule has 3 N–H and O–H groups in total. The van der Waals surface area contributed by atoms with Crippen LogP contribution in [0.15, 0.2) is 47.3 Å². The number of aromatic nitrogens is 2. The maximum atomic E-state index is 13.0. The molecule has 1 aliphatic rings. The van der Waals surface area contributed by atoms with Crippen LogP contribution in [0.25, 0.3) is 10.9 Å². The van der Waals surface area contributed by atoms with Crippen LogP contribution in [-0.2, 0) is 6.54 Å². The summed E-state index contributed by atoms with van der Waals surface area (Å²) in [5.74, 6) is 0.371. The number of hydrogen-bond donors (Lipinski definition) is 3. The maximum absolute atomic E-state index is 13.0. The maximum Gasteiger partial charge on any atom is 0.322 e. The predicted molar refractivity (Wildman–Crippen MR) is 124 cm³/mol. The molecule has 2 aromatic carbocycles. The molecule has 2 heterocycles. The van der Waals surface area contributed by atoms with E-state index in [9.17, 15) is 14.4 Å². The first-order valence-corrected chi connectivity index (χ1v) is 10.7. The van der Waals surface area contributed by atoms with E-state index in [4.69, 9.17) is 11.6 Å². The van der Waals surface area contributed by atoms with Crippen molar-refractivity contribution in [1.29, 1.82) is 0 Å². The fourth-order valence-electron chi connectivity index (χ4n) is 3.61. The molecule has 3 aromatic rings. The number of anilines is 2. The van der Waals surface area contributed by atoms with Gasteiger partial charge >= 0.3 is 12.1 Å². The predicted octanol–water partition coefficient (Wildman–Crippen LogP) is 3.55. The van der Waals surface area contributed by atoms with Crippen LogP contribution in [0.5, 0.6) is 0 Å². The van der Waals surface area contributed by atoms with E-state index in [-0.39, 0.29) is 24.2 Å². The second kappa shape index (κ2) is 9.27. The molecule has 1 aromatic heterocycles. The fraction of sp³-hybridized carbons (Fsp3) is 0.273. The molecule has 0 saturated carbocycles. The normalized spacial score (nSPS) is 13.3. The number of nitrogens with zero attached hydrogens (tertiary/aromatic N) is 3. The number of rotatable bonds is 6. The summed E-state index contributed by atoms with van der Waals surface area (Å²) in [5.41, 5.74) is 1.47. The first-order valence-electron chi connectivity index (χ1n) is 10.3. The molecule has 4 amide bonds. The molecule has 0 aliphatic carbocycles. The SMILES string of the molecule is CCCN(Cc1nc2cc(Cl)ccc2c(=O)[nH]1)C(=O)Nc1cccc(N2CCNC2=O)c1. The standard InChI is InChI=1S/C22H23ClN6O3/c1-2-9-28(13-19-26-18-11-14(23)6-7-17(18)20(30)27-19)22(32)25-15-4-3-5-16(12-15)29-10-8-24-21(29)31/h3-7,11-12H,2,8-10,13H2,1H3,(H,24,31)(H,25,32)(H,26,27,30). The Morgan fingerprint density at radius 1 is 1.25 bits per heavy atom. The zero-order valence-corrected chi connectivity index (χ0v) is 18.3. The van der Waals surface area contributed by atoms with Crippen molar-refractivity contribution in [1.82, 2.24) is 20.2 Å². The summed E-state index contributed by atoms with van der Waals surface area (Å²) in [4.78, 5) is 47.7. The van der Waals surface area contributed by atoms with Crippen molar-refractivity contribution in [2.45, 2.75) is 19.9 Å². The molecule has 166 valence electrons. The summed E-state index contributed by atoms with van der Waals surface area (Å²) in [6.45, 7) is 3.72. The number of fused-ring (bicyclic) bond motifs is 1. The van der Waals surface area contributed by atoms with Gasteiger partial charge in [0.2, 0.25) is 0 Å². The van der Waals surface area contributed by atoms with E-state index in [0.717, 1.165) is 6.42 Å². The Hall–Kier alpha value is -3.59. The number of amides is 4. The molecule has 1 fully saturated rings. The lowest BCUT2D eigenvalue weighted by Gasteiger charge is -2.23. The average Bonchev–Trinajstić information content (AvgIpc) is 3.19. The Balaban J connectivity index is 1.53. The number of carbonyl (C=O) groups excluding carboxylic acids is 2. The largest absolute Gasteiger partial charge is 0.336 e. The Morgan fingerprint density at radius 3 is 2.84 bits per heavy atom. The smallest absolute Gasteiger partial charge is 0.322 e. The topological polar surface area (TPSA) is 110 Å². The van der Waals surface area contributed by atoms with Gasteiger partial charge in [-0.15, -0.1) is 0 Å². The van der Waals surface area contributed by atoms with Gasteiger partial charge < -0.3 is 20.5 Å². The van der Waals surface area contributed by atoms with Gasteiger partial charge in [0.05, 0.1) is 17.4 Å². The van der Waals surface area contributed by atoms with Crippen molar-refractivity contribution >= 4 is 45.9 Å². The van der Waals surface area contributed by atoms with Crippen LogP contribution >= 0.6 is 11.6 Å². The highest BCUT2D eigenvalue weighted by Crippen LogP contribution is 2.21. The molecular formula is C22H23ClN6O3. The number of halogens is 1. The minimum Gasteiger partial charge on any atom is -0.336 e. The van der Waals surface area contributed by atoms with E-state index < -0.39 is 0 Å². The first-order chi connectivity index (χ1) is 15.4. The quantitative estimate of drug-likeness (QED) is 0.529. The number of hydrogen-bond acceptors (Lipinski definition) is 4. The van der Waals surface area contributed by atoms with Crippen LogP contribution in [-0.4, -0.2) is 46.6 Å². The number of carbonyl (C=O) groups is 2. The van der Waals surface area contributed by atoms with E-state index in [0.29, 0.717) is 52.8 Å². The Labute approximate surface area is 189 Å². The molecule has 1 aliphatic heterocycles. The van der Waals surface area contributed by atoms with Crippen molar-refractivity contribution in [3.05, 3.63) is 63.7 Å². The number of urea groups is 2. The molecule has 0 spiro atoms. The van der Waals surface area contributed by atoms with Crippen molar-refractivity contribution in [2.75, 3.05) is 29.9 Å². The minimum atomic E-state index is -0.330. The molecule has 9 nitrogen and oxygen atoms in total. The van der Waals surface area contributed by atoms with E-state index in [2.05, 4.69) is 20.6 Å². The Bertz CT molecular complexity index is 1230.